The van der Waals surface area contributed by atoms with Crippen LogP contribution in [0.4, 0.5) is 0 Å². The number of rotatable bonds is 5. The summed E-state index contributed by atoms with van der Waals surface area (Å²) < 4.78 is 12.5. The minimum atomic E-state index is -1.96. The van der Waals surface area contributed by atoms with Crippen LogP contribution in [0.5, 0.6) is 0 Å². The molecule has 7 heteroatoms. The third-order valence-corrected chi connectivity index (χ3v) is 11.9. The first kappa shape index (κ1) is 20.9. The second-order valence-electron chi connectivity index (χ2n) is 8.51. The van der Waals surface area contributed by atoms with Crippen molar-refractivity contribution in [1.82, 2.24) is 4.90 Å². The second kappa shape index (κ2) is 6.96. The Morgan fingerprint density at radius 1 is 1.36 bits per heavy atom. The number of carbonyl (C=O) groups is 2. The van der Waals surface area contributed by atoms with Gasteiger partial charge in [0.05, 0.1) is 24.7 Å². The molecule has 0 radical (unpaired) electrons. The fraction of sp³-hybridized carbons (Fsp3) is 0.778. The molecule has 0 aromatic rings. The summed E-state index contributed by atoms with van der Waals surface area (Å²) in [6, 6.07) is -0.00132. The maximum absolute atomic E-state index is 12.8. The Hall–Kier alpha value is -0.413. The molecule has 1 amide bonds. The molecule has 2 rings (SSSR count). The van der Waals surface area contributed by atoms with E-state index < -0.39 is 14.3 Å². The molecule has 5 nitrogen and oxygen atoms in total. The maximum Gasteiger partial charge on any atom is 0.355 e. The molecule has 142 valence electrons. The van der Waals surface area contributed by atoms with Gasteiger partial charge in [-0.2, -0.15) is 0 Å². The first-order valence-corrected chi connectivity index (χ1v) is 12.9. The number of hydrogen-bond donors (Lipinski definition) is 0. The van der Waals surface area contributed by atoms with Gasteiger partial charge in [0.15, 0.2) is 8.32 Å². The maximum atomic E-state index is 12.8. The van der Waals surface area contributed by atoms with Gasteiger partial charge in [-0.05, 0) is 54.6 Å². The monoisotopic (exact) mass is 479 g/mol. The number of carbonyl (C=O) groups excluding carboxylic acids is 2. The summed E-state index contributed by atoms with van der Waals surface area (Å²) in [4.78, 5) is 26.8. The van der Waals surface area contributed by atoms with E-state index in [1.54, 1.807) is 11.8 Å². The molecule has 0 unspecified atom stereocenters. The van der Waals surface area contributed by atoms with Gasteiger partial charge in [0.25, 0.3) is 0 Å². The highest BCUT2D eigenvalue weighted by Gasteiger charge is 2.60. The lowest BCUT2D eigenvalue weighted by molar-refractivity contribution is -0.163. The zero-order valence-electron chi connectivity index (χ0n) is 16.5. The fourth-order valence-corrected chi connectivity index (χ4v) is 5.67. The molecule has 0 bridgehead atoms. The average molecular weight is 479 g/mol. The molecular formula is C18H30INO4Si. The van der Waals surface area contributed by atoms with Crippen LogP contribution in [0.1, 0.15) is 41.5 Å². The van der Waals surface area contributed by atoms with Gasteiger partial charge in [-0.1, -0.05) is 27.7 Å². The molecule has 0 spiro atoms. The first-order valence-electron chi connectivity index (χ1n) is 8.92. The summed E-state index contributed by atoms with van der Waals surface area (Å²) in [5, 5.41) is 0.0950. The van der Waals surface area contributed by atoms with E-state index in [4.69, 9.17) is 9.16 Å². The lowest BCUT2D eigenvalue weighted by atomic mass is 9.79. The van der Waals surface area contributed by atoms with Gasteiger partial charge in [0.2, 0.25) is 5.91 Å². The van der Waals surface area contributed by atoms with E-state index in [1.807, 2.05) is 6.92 Å². The number of fused-ring (bicyclic) bond motifs is 1. The van der Waals surface area contributed by atoms with Crippen LogP contribution in [0.3, 0.4) is 0 Å². The van der Waals surface area contributed by atoms with Crippen LogP contribution in [-0.2, 0) is 18.8 Å². The van der Waals surface area contributed by atoms with Gasteiger partial charge in [-0.25, -0.2) is 4.79 Å². The number of halogens is 1. The van der Waals surface area contributed by atoms with Crippen LogP contribution < -0.4 is 0 Å². The zero-order valence-corrected chi connectivity index (χ0v) is 19.6. The molecule has 0 N–H and O–H groups in total. The van der Waals surface area contributed by atoms with Crippen LogP contribution >= 0.6 is 22.6 Å². The summed E-state index contributed by atoms with van der Waals surface area (Å²) >= 11 is 2.18. The van der Waals surface area contributed by atoms with Crippen molar-refractivity contribution >= 4 is 42.8 Å². The minimum Gasteiger partial charge on any atom is -0.461 e. The van der Waals surface area contributed by atoms with Gasteiger partial charge in [-0.3, -0.25) is 4.79 Å². The van der Waals surface area contributed by atoms with Gasteiger partial charge < -0.3 is 14.1 Å². The number of hydrogen-bond acceptors (Lipinski definition) is 4. The summed E-state index contributed by atoms with van der Waals surface area (Å²) in [6.07, 6.45) is -0.150. The molecule has 1 saturated heterocycles. The highest BCUT2D eigenvalue weighted by molar-refractivity contribution is 14.1. The van der Waals surface area contributed by atoms with Crippen molar-refractivity contribution < 1.29 is 18.8 Å². The predicted molar refractivity (Wildman–Crippen MR) is 109 cm³/mol. The Labute approximate surface area is 165 Å². The highest BCUT2D eigenvalue weighted by atomic mass is 127. The molecular weight excluding hydrogens is 449 g/mol. The van der Waals surface area contributed by atoms with E-state index >= 15 is 0 Å². The van der Waals surface area contributed by atoms with Crippen LogP contribution in [0.2, 0.25) is 18.1 Å². The van der Waals surface area contributed by atoms with Crippen molar-refractivity contribution in [2.24, 2.45) is 11.8 Å². The first-order chi connectivity index (χ1) is 11.3. The Balaban J connectivity index is 2.19. The number of β-lactam (4-membered cyclic amide) rings is 1. The summed E-state index contributed by atoms with van der Waals surface area (Å²) in [5.74, 6) is -0.474. The topological polar surface area (TPSA) is 55.8 Å². The van der Waals surface area contributed by atoms with E-state index in [0.29, 0.717) is 12.3 Å². The van der Waals surface area contributed by atoms with Crippen molar-refractivity contribution in [2.45, 2.75) is 71.8 Å². The van der Waals surface area contributed by atoms with E-state index in [1.165, 1.54) is 0 Å². The van der Waals surface area contributed by atoms with Crippen molar-refractivity contribution in [1.29, 1.82) is 0 Å². The van der Waals surface area contributed by atoms with Crippen LogP contribution in [0, 0.1) is 11.8 Å². The standard InChI is InChI=1S/C18H30INO4Si/c1-9-23-17(22)15-13(19)10(2)14-12(16(21)20(14)15)11(3)24-25(7,8)18(4,5)6/h10-12,14H,9H2,1-8H3/t10-,11+,12+,14+/m0/s1. The van der Waals surface area contributed by atoms with Gasteiger partial charge >= 0.3 is 5.97 Å². The third-order valence-electron chi connectivity index (χ3n) is 5.83. The SMILES string of the molecule is CCOC(=O)C1=C(I)[C@H](C)[C@@H]2[C@@H]([C@@H](C)O[Si](C)(C)C(C)(C)C)C(=O)N12. The molecule has 2 aliphatic rings. The fourth-order valence-electron chi connectivity index (χ4n) is 3.40. The molecule has 2 aliphatic heterocycles. The van der Waals surface area contributed by atoms with Gasteiger partial charge in [0.1, 0.15) is 5.70 Å². The number of ether oxygens (including phenoxy) is 1. The lowest BCUT2D eigenvalue weighted by Crippen LogP contribution is -2.65. The van der Waals surface area contributed by atoms with E-state index in [0.717, 1.165) is 3.58 Å². The quantitative estimate of drug-likeness (QED) is 0.258. The van der Waals surface area contributed by atoms with Crippen LogP contribution in [0.15, 0.2) is 9.28 Å². The Bertz CT molecular complexity index is 611. The molecule has 0 aliphatic carbocycles. The summed E-state index contributed by atoms with van der Waals surface area (Å²) in [6.45, 7) is 17.2. The average Bonchev–Trinajstić information content (AvgIpc) is 2.67. The molecule has 0 aromatic heterocycles. The highest BCUT2D eigenvalue weighted by Crippen LogP contribution is 2.50. The van der Waals surface area contributed by atoms with Crippen molar-refractivity contribution in [2.75, 3.05) is 6.61 Å². The molecule has 2 heterocycles. The molecule has 25 heavy (non-hydrogen) atoms. The van der Waals surface area contributed by atoms with Crippen LogP contribution in [0.25, 0.3) is 0 Å². The van der Waals surface area contributed by atoms with E-state index in [-0.39, 0.29) is 34.9 Å². The van der Waals surface area contributed by atoms with Gasteiger partial charge in [-0.15, -0.1) is 0 Å². The molecule has 1 fully saturated rings. The smallest absolute Gasteiger partial charge is 0.355 e. The molecule has 0 aromatic carbocycles. The molecule has 4 atom stereocenters. The summed E-state index contributed by atoms with van der Waals surface area (Å²) in [5.41, 5.74) is 0.431. The predicted octanol–water partition coefficient (Wildman–Crippen LogP) is 4.08. The minimum absolute atomic E-state index is 0.00132. The van der Waals surface area contributed by atoms with E-state index in [9.17, 15) is 9.59 Å². The van der Waals surface area contributed by atoms with Gasteiger partial charge in [0, 0.05) is 9.50 Å². The summed E-state index contributed by atoms with van der Waals surface area (Å²) in [7, 11) is -1.96. The molecule has 0 saturated carbocycles. The van der Waals surface area contributed by atoms with Crippen molar-refractivity contribution in [3.63, 3.8) is 0 Å². The van der Waals surface area contributed by atoms with Crippen molar-refractivity contribution in [3.8, 4) is 0 Å². The number of esters is 1. The second-order valence-corrected chi connectivity index (χ2v) is 14.4. The number of nitrogens with zero attached hydrogens (tertiary/aromatic N) is 1. The number of amides is 1. The Morgan fingerprint density at radius 2 is 1.92 bits per heavy atom. The van der Waals surface area contributed by atoms with Crippen molar-refractivity contribution in [3.05, 3.63) is 9.28 Å². The van der Waals surface area contributed by atoms with Crippen LogP contribution in [-0.4, -0.2) is 43.8 Å². The van der Waals surface area contributed by atoms with E-state index in [2.05, 4.69) is 63.4 Å². The Morgan fingerprint density at radius 3 is 2.40 bits per heavy atom. The largest absolute Gasteiger partial charge is 0.461 e. The normalized spacial score (nSPS) is 28.0. The zero-order chi connectivity index (χ0) is 19.3. The third kappa shape index (κ3) is 3.43. The Kier molecular flexibility index (Phi) is 5.81. The lowest BCUT2D eigenvalue weighted by Gasteiger charge is -2.50.